The Bertz CT molecular complexity index is 759. The summed E-state index contributed by atoms with van der Waals surface area (Å²) in [5, 5.41) is 11.5. The van der Waals surface area contributed by atoms with E-state index in [-0.39, 0.29) is 5.69 Å². The van der Waals surface area contributed by atoms with Crippen LogP contribution in [0.4, 0.5) is 0 Å². The monoisotopic (exact) mass is 271 g/mol. The molecule has 3 nitrogen and oxygen atoms in total. The van der Waals surface area contributed by atoms with Crippen LogP contribution in [0.1, 0.15) is 10.5 Å². The van der Waals surface area contributed by atoms with Crippen molar-refractivity contribution in [1.29, 1.82) is 0 Å². The molecule has 0 aliphatic rings. The molecule has 0 amide bonds. The summed E-state index contributed by atoms with van der Waals surface area (Å²) in [6.07, 6.45) is 0. The normalized spacial score (nSPS) is 10.8. The van der Waals surface area contributed by atoms with Gasteiger partial charge < -0.3 is 10.1 Å². The van der Waals surface area contributed by atoms with Crippen molar-refractivity contribution in [2.75, 3.05) is 0 Å². The molecule has 1 aromatic heterocycles. The summed E-state index contributed by atoms with van der Waals surface area (Å²) in [5.41, 5.74) is 1.92. The van der Waals surface area contributed by atoms with Crippen molar-refractivity contribution in [3.8, 4) is 11.3 Å². The van der Waals surface area contributed by atoms with E-state index in [2.05, 4.69) is 4.98 Å². The first-order valence-electron chi connectivity index (χ1n) is 5.77. The van der Waals surface area contributed by atoms with E-state index in [0.717, 1.165) is 16.6 Å². The maximum Gasteiger partial charge on any atom is 0.352 e. The van der Waals surface area contributed by atoms with Gasteiger partial charge in [0.25, 0.3) is 0 Å². The van der Waals surface area contributed by atoms with Crippen molar-refractivity contribution in [1.82, 2.24) is 4.98 Å². The van der Waals surface area contributed by atoms with Crippen LogP contribution in [0.3, 0.4) is 0 Å². The molecule has 0 unspecified atom stereocenters. The number of nitrogens with one attached hydrogen (secondary N) is 1. The zero-order chi connectivity index (χ0) is 13.4. The molecule has 19 heavy (non-hydrogen) atoms. The van der Waals surface area contributed by atoms with Crippen molar-refractivity contribution >= 4 is 28.3 Å². The Labute approximate surface area is 114 Å². The molecule has 0 aliphatic carbocycles. The largest absolute Gasteiger partial charge is 0.477 e. The fourth-order valence-electron chi connectivity index (χ4n) is 2.19. The minimum Gasteiger partial charge on any atom is -0.477 e. The van der Waals surface area contributed by atoms with E-state index in [1.165, 1.54) is 0 Å². The SMILES string of the molecule is O=C(O)c1[nH]c(-c2ccc(Cl)cc2)c2ccccc12. The van der Waals surface area contributed by atoms with Crippen LogP contribution in [0.5, 0.6) is 0 Å². The number of H-pyrrole nitrogens is 1. The number of hydrogen-bond donors (Lipinski definition) is 2. The summed E-state index contributed by atoms with van der Waals surface area (Å²) in [5.74, 6) is -0.962. The lowest BCUT2D eigenvalue weighted by Crippen LogP contribution is -1.96. The third-order valence-electron chi connectivity index (χ3n) is 3.06. The van der Waals surface area contributed by atoms with Gasteiger partial charge in [0.1, 0.15) is 5.69 Å². The molecule has 0 spiro atoms. The lowest BCUT2D eigenvalue weighted by atomic mass is 10.1. The first-order valence-corrected chi connectivity index (χ1v) is 6.14. The highest BCUT2D eigenvalue weighted by Crippen LogP contribution is 2.31. The Hall–Kier alpha value is -2.26. The number of halogens is 1. The Balaban J connectivity index is 2.29. The summed E-state index contributed by atoms with van der Waals surface area (Å²) < 4.78 is 0. The summed E-state index contributed by atoms with van der Waals surface area (Å²) >= 11 is 5.87. The molecule has 2 N–H and O–H groups in total. The van der Waals surface area contributed by atoms with E-state index >= 15 is 0 Å². The Kier molecular flexibility index (Phi) is 2.76. The number of carboxylic acids is 1. The molecule has 0 radical (unpaired) electrons. The number of carboxylic acid groups (broad SMARTS) is 1. The molecule has 0 saturated carbocycles. The number of fused-ring (bicyclic) bond motifs is 1. The maximum absolute atomic E-state index is 11.3. The number of aromatic carboxylic acids is 1. The van der Waals surface area contributed by atoms with Gasteiger partial charge in [-0.25, -0.2) is 4.79 Å². The Morgan fingerprint density at radius 1 is 1.00 bits per heavy atom. The van der Waals surface area contributed by atoms with Gasteiger partial charge in [0, 0.05) is 15.8 Å². The van der Waals surface area contributed by atoms with Crippen LogP contribution in [-0.4, -0.2) is 16.1 Å². The minimum absolute atomic E-state index is 0.209. The fraction of sp³-hybridized carbons (Fsp3) is 0. The van der Waals surface area contributed by atoms with Crippen molar-refractivity contribution in [2.45, 2.75) is 0 Å². The van der Waals surface area contributed by atoms with Gasteiger partial charge in [-0.3, -0.25) is 0 Å². The predicted octanol–water partition coefficient (Wildman–Crippen LogP) is 4.19. The average molecular weight is 272 g/mol. The summed E-state index contributed by atoms with van der Waals surface area (Å²) in [7, 11) is 0. The van der Waals surface area contributed by atoms with Crippen molar-refractivity contribution in [3.05, 3.63) is 59.2 Å². The van der Waals surface area contributed by atoms with Crippen LogP contribution in [0, 0.1) is 0 Å². The molecule has 0 aliphatic heterocycles. The molecule has 1 heterocycles. The molecular weight excluding hydrogens is 262 g/mol. The average Bonchev–Trinajstić information content (AvgIpc) is 2.79. The number of aromatic nitrogens is 1. The number of benzene rings is 2. The van der Waals surface area contributed by atoms with Gasteiger partial charge in [0.05, 0.1) is 5.69 Å². The van der Waals surface area contributed by atoms with Crippen molar-refractivity contribution in [3.63, 3.8) is 0 Å². The van der Waals surface area contributed by atoms with Crippen LogP contribution in [0.2, 0.25) is 5.02 Å². The smallest absolute Gasteiger partial charge is 0.352 e. The topological polar surface area (TPSA) is 53.1 Å². The second-order valence-corrected chi connectivity index (χ2v) is 4.67. The van der Waals surface area contributed by atoms with Crippen molar-refractivity contribution in [2.24, 2.45) is 0 Å². The molecule has 3 rings (SSSR count). The fourth-order valence-corrected chi connectivity index (χ4v) is 2.32. The van der Waals surface area contributed by atoms with Gasteiger partial charge in [0.2, 0.25) is 0 Å². The van der Waals surface area contributed by atoms with Gasteiger partial charge >= 0.3 is 5.97 Å². The van der Waals surface area contributed by atoms with Gasteiger partial charge in [-0.2, -0.15) is 0 Å². The lowest BCUT2D eigenvalue weighted by Gasteiger charge is -1.99. The molecule has 0 bridgehead atoms. The van der Waals surface area contributed by atoms with E-state index < -0.39 is 5.97 Å². The second kappa shape index (κ2) is 4.44. The molecule has 2 aromatic carbocycles. The Morgan fingerprint density at radius 3 is 2.26 bits per heavy atom. The first-order chi connectivity index (χ1) is 9.16. The number of hydrogen-bond acceptors (Lipinski definition) is 1. The molecule has 0 fully saturated rings. The van der Waals surface area contributed by atoms with E-state index in [9.17, 15) is 9.90 Å². The third kappa shape index (κ3) is 1.98. The minimum atomic E-state index is -0.962. The predicted molar refractivity (Wildman–Crippen MR) is 75.7 cm³/mol. The van der Waals surface area contributed by atoms with Crippen LogP contribution in [0.25, 0.3) is 22.0 Å². The van der Waals surface area contributed by atoms with Crippen LogP contribution in [0.15, 0.2) is 48.5 Å². The standard InChI is InChI=1S/C15H10ClNO2/c16-10-7-5-9(6-8-10)13-11-3-1-2-4-12(11)14(17-13)15(18)19/h1-8,17H,(H,18,19). The zero-order valence-electron chi connectivity index (χ0n) is 9.85. The summed E-state index contributed by atoms with van der Waals surface area (Å²) in [6, 6.07) is 14.7. The number of aromatic amines is 1. The van der Waals surface area contributed by atoms with Crippen LogP contribution in [-0.2, 0) is 0 Å². The van der Waals surface area contributed by atoms with Crippen LogP contribution >= 0.6 is 11.6 Å². The molecule has 0 atom stereocenters. The summed E-state index contributed by atoms with van der Waals surface area (Å²) in [4.78, 5) is 14.2. The highest BCUT2D eigenvalue weighted by atomic mass is 35.5. The Morgan fingerprint density at radius 2 is 1.63 bits per heavy atom. The highest BCUT2D eigenvalue weighted by molar-refractivity contribution is 6.30. The molecule has 3 aromatic rings. The molecule has 94 valence electrons. The quantitative estimate of drug-likeness (QED) is 0.734. The van der Waals surface area contributed by atoms with E-state index in [0.29, 0.717) is 10.4 Å². The molecular formula is C15H10ClNO2. The maximum atomic E-state index is 11.3. The van der Waals surface area contributed by atoms with Gasteiger partial charge in [-0.05, 0) is 17.7 Å². The first kappa shape index (κ1) is 11.8. The van der Waals surface area contributed by atoms with Crippen LogP contribution < -0.4 is 0 Å². The van der Waals surface area contributed by atoms with Gasteiger partial charge in [0.15, 0.2) is 0 Å². The van der Waals surface area contributed by atoms with Gasteiger partial charge in [-0.15, -0.1) is 0 Å². The number of carbonyl (C=O) groups is 1. The molecule has 0 saturated heterocycles. The van der Waals surface area contributed by atoms with E-state index in [1.807, 2.05) is 30.3 Å². The second-order valence-electron chi connectivity index (χ2n) is 4.23. The van der Waals surface area contributed by atoms with Crippen molar-refractivity contribution < 1.29 is 9.90 Å². The van der Waals surface area contributed by atoms with E-state index in [1.54, 1.807) is 18.2 Å². The van der Waals surface area contributed by atoms with Gasteiger partial charge in [-0.1, -0.05) is 48.0 Å². The highest BCUT2D eigenvalue weighted by Gasteiger charge is 2.15. The van der Waals surface area contributed by atoms with E-state index in [4.69, 9.17) is 11.6 Å². The lowest BCUT2D eigenvalue weighted by molar-refractivity contribution is 0.0693. The zero-order valence-corrected chi connectivity index (χ0v) is 10.6. The number of rotatable bonds is 2. The molecule has 4 heteroatoms. The third-order valence-corrected chi connectivity index (χ3v) is 3.31. The summed E-state index contributed by atoms with van der Waals surface area (Å²) in [6.45, 7) is 0.